The molecule has 30 heavy (non-hydrogen) atoms. The number of carbonyl (C=O) groups excluding carboxylic acids is 1. The molecule has 0 radical (unpaired) electrons. The van der Waals surface area contributed by atoms with Gasteiger partial charge >= 0.3 is 6.36 Å². The number of methoxy groups -OCH3 is 2. The monoisotopic (exact) mass is 431 g/mol. The number of hydrogen-bond donors (Lipinski definition) is 0. The van der Waals surface area contributed by atoms with Crippen LogP contribution in [-0.4, -0.2) is 37.6 Å². The van der Waals surface area contributed by atoms with Gasteiger partial charge in [0.05, 0.1) is 25.8 Å². The van der Waals surface area contributed by atoms with Crippen molar-refractivity contribution in [2.75, 3.05) is 14.2 Å². The Labute approximate surface area is 168 Å². The smallest absolute Gasteiger partial charge is 0.496 e. The van der Waals surface area contributed by atoms with Crippen molar-refractivity contribution in [3.05, 3.63) is 53.3 Å². The fourth-order valence-electron chi connectivity index (χ4n) is 3.47. The molecule has 0 bridgehead atoms. The van der Waals surface area contributed by atoms with Crippen LogP contribution in [0.3, 0.4) is 0 Å². The van der Waals surface area contributed by atoms with Crippen LogP contribution in [0.5, 0.6) is 17.2 Å². The van der Waals surface area contributed by atoms with Gasteiger partial charge in [0.15, 0.2) is 17.7 Å². The molecular weight excluding hydrogens is 413 g/mol. The number of alkyl halides is 4. The fraction of sp³-hybridized carbons (Fsp3) is 0.350. The molecule has 2 aromatic carbocycles. The van der Waals surface area contributed by atoms with Crippen LogP contribution in [-0.2, 0) is 11.3 Å². The maximum Gasteiger partial charge on any atom is 0.573 e. The summed E-state index contributed by atoms with van der Waals surface area (Å²) in [6.45, 7) is -0.112. The third-order valence-corrected chi connectivity index (χ3v) is 4.73. The number of amides is 1. The van der Waals surface area contributed by atoms with E-state index >= 15 is 0 Å². The second-order valence-electron chi connectivity index (χ2n) is 6.57. The van der Waals surface area contributed by atoms with Crippen LogP contribution in [0.4, 0.5) is 22.0 Å². The Morgan fingerprint density at radius 3 is 2.30 bits per heavy atom. The average Bonchev–Trinajstić information content (AvgIpc) is 2.96. The van der Waals surface area contributed by atoms with E-state index in [9.17, 15) is 26.7 Å². The molecule has 2 aromatic rings. The normalized spacial score (nSPS) is 19.2. The van der Waals surface area contributed by atoms with Crippen molar-refractivity contribution < 1.29 is 41.0 Å². The van der Waals surface area contributed by atoms with Gasteiger partial charge in [0.25, 0.3) is 5.91 Å². The number of benzene rings is 2. The first-order valence-electron chi connectivity index (χ1n) is 8.84. The van der Waals surface area contributed by atoms with Crippen LogP contribution in [0.1, 0.15) is 23.6 Å². The number of nitrogens with zero attached hydrogens (tertiary/aromatic N) is 1. The molecule has 0 aliphatic carbocycles. The molecule has 5 nitrogen and oxygen atoms in total. The summed E-state index contributed by atoms with van der Waals surface area (Å²) in [6.07, 6.45) is -6.89. The van der Waals surface area contributed by atoms with E-state index in [0.29, 0.717) is 5.56 Å². The van der Waals surface area contributed by atoms with E-state index in [0.717, 1.165) is 18.2 Å². The second kappa shape index (κ2) is 8.37. The van der Waals surface area contributed by atoms with Crippen LogP contribution in [0, 0.1) is 5.82 Å². The summed E-state index contributed by atoms with van der Waals surface area (Å²) in [7, 11) is 2.60. The summed E-state index contributed by atoms with van der Waals surface area (Å²) in [5.74, 6) is -1.88. The number of likely N-dealkylation sites (tertiary alicyclic amines) is 1. The zero-order valence-corrected chi connectivity index (χ0v) is 16.0. The molecule has 1 aliphatic heterocycles. The Morgan fingerprint density at radius 1 is 1.07 bits per heavy atom. The SMILES string of the molecule is COc1ccc(F)c(OC)c1[C@@H]1CC(F)C(=O)N1Cc1ccc(OC(F)(F)F)cc1. The molecule has 0 spiro atoms. The molecule has 1 fully saturated rings. The highest BCUT2D eigenvalue weighted by Crippen LogP contribution is 2.45. The van der Waals surface area contributed by atoms with Crippen molar-refractivity contribution in [1.29, 1.82) is 0 Å². The summed E-state index contributed by atoms with van der Waals surface area (Å²) in [4.78, 5) is 13.6. The molecular formula is C20H18F5NO4. The Bertz CT molecular complexity index is 917. The lowest BCUT2D eigenvalue weighted by atomic mass is 10.0. The highest BCUT2D eigenvalue weighted by Gasteiger charge is 2.43. The van der Waals surface area contributed by atoms with Crippen molar-refractivity contribution in [2.45, 2.75) is 31.5 Å². The molecule has 1 heterocycles. The van der Waals surface area contributed by atoms with E-state index in [1.165, 1.54) is 37.3 Å². The molecule has 162 valence electrons. The molecule has 0 aromatic heterocycles. The molecule has 10 heteroatoms. The maximum absolute atomic E-state index is 14.3. The van der Waals surface area contributed by atoms with Gasteiger partial charge < -0.3 is 19.1 Å². The third-order valence-electron chi connectivity index (χ3n) is 4.73. The van der Waals surface area contributed by atoms with Crippen LogP contribution >= 0.6 is 0 Å². The predicted molar refractivity (Wildman–Crippen MR) is 95.4 cm³/mol. The quantitative estimate of drug-likeness (QED) is 0.630. The number of rotatable bonds is 6. The number of halogens is 5. The van der Waals surface area contributed by atoms with Gasteiger partial charge in [-0.25, -0.2) is 8.78 Å². The Balaban J connectivity index is 1.92. The van der Waals surface area contributed by atoms with E-state index in [1.807, 2.05) is 0 Å². The minimum atomic E-state index is -4.83. The van der Waals surface area contributed by atoms with Crippen molar-refractivity contribution in [3.63, 3.8) is 0 Å². The van der Waals surface area contributed by atoms with Gasteiger partial charge in [-0.15, -0.1) is 13.2 Å². The zero-order chi connectivity index (χ0) is 22.1. The van der Waals surface area contributed by atoms with E-state index in [1.54, 1.807) is 0 Å². The van der Waals surface area contributed by atoms with Crippen LogP contribution in [0.15, 0.2) is 36.4 Å². The first kappa shape index (κ1) is 21.7. The highest BCUT2D eigenvalue weighted by molar-refractivity contribution is 5.84. The van der Waals surface area contributed by atoms with E-state index in [4.69, 9.17) is 9.47 Å². The van der Waals surface area contributed by atoms with Gasteiger partial charge in [-0.05, 0) is 29.8 Å². The number of ether oxygens (including phenoxy) is 3. The van der Waals surface area contributed by atoms with Crippen LogP contribution < -0.4 is 14.2 Å². The lowest BCUT2D eigenvalue weighted by Crippen LogP contribution is -2.30. The summed E-state index contributed by atoms with van der Waals surface area (Å²) in [6, 6.07) is 6.44. The summed E-state index contributed by atoms with van der Waals surface area (Å²) in [5.41, 5.74) is 0.622. The van der Waals surface area contributed by atoms with Gasteiger partial charge in [-0.2, -0.15) is 0 Å². The van der Waals surface area contributed by atoms with Crippen molar-refractivity contribution in [2.24, 2.45) is 0 Å². The largest absolute Gasteiger partial charge is 0.573 e. The number of hydrogen-bond acceptors (Lipinski definition) is 4. The first-order chi connectivity index (χ1) is 14.1. The summed E-state index contributed by atoms with van der Waals surface area (Å²) < 4.78 is 79.7. The van der Waals surface area contributed by atoms with Crippen molar-refractivity contribution in [3.8, 4) is 17.2 Å². The predicted octanol–water partition coefficient (Wildman–Crippen LogP) is 4.55. The molecule has 0 N–H and O–H groups in total. The van der Waals surface area contributed by atoms with Crippen LogP contribution in [0.25, 0.3) is 0 Å². The topological polar surface area (TPSA) is 48.0 Å². The lowest BCUT2D eigenvalue weighted by Gasteiger charge is -2.27. The lowest BCUT2D eigenvalue weighted by molar-refractivity contribution is -0.274. The van der Waals surface area contributed by atoms with Crippen LogP contribution in [0.2, 0.25) is 0 Å². The van der Waals surface area contributed by atoms with Gasteiger partial charge in [0.2, 0.25) is 0 Å². The van der Waals surface area contributed by atoms with Crippen molar-refractivity contribution >= 4 is 5.91 Å². The minimum Gasteiger partial charge on any atom is -0.496 e. The third kappa shape index (κ3) is 4.42. The minimum absolute atomic E-state index is 0.112. The van der Waals surface area contributed by atoms with Gasteiger partial charge in [0, 0.05) is 13.0 Å². The Kier molecular flexibility index (Phi) is 6.04. The van der Waals surface area contributed by atoms with E-state index < -0.39 is 36.0 Å². The van der Waals surface area contributed by atoms with Crippen molar-refractivity contribution in [1.82, 2.24) is 4.90 Å². The molecule has 1 saturated heterocycles. The fourth-order valence-corrected chi connectivity index (χ4v) is 3.47. The van der Waals surface area contributed by atoms with Gasteiger partial charge in [0.1, 0.15) is 11.5 Å². The molecule has 0 saturated carbocycles. The highest BCUT2D eigenvalue weighted by atomic mass is 19.4. The Hall–Kier alpha value is -3.04. The van der Waals surface area contributed by atoms with E-state index in [-0.39, 0.29) is 30.0 Å². The van der Waals surface area contributed by atoms with Gasteiger partial charge in [-0.1, -0.05) is 12.1 Å². The van der Waals surface area contributed by atoms with E-state index in [2.05, 4.69) is 4.74 Å². The molecule has 1 amide bonds. The molecule has 1 unspecified atom stereocenters. The number of carbonyl (C=O) groups is 1. The Morgan fingerprint density at radius 2 is 1.73 bits per heavy atom. The molecule has 3 rings (SSSR count). The van der Waals surface area contributed by atoms with Gasteiger partial charge in [-0.3, -0.25) is 4.79 Å². The second-order valence-corrected chi connectivity index (χ2v) is 6.57. The average molecular weight is 431 g/mol. The summed E-state index contributed by atoms with van der Waals surface area (Å²) >= 11 is 0. The molecule has 2 atom stereocenters. The maximum atomic E-state index is 14.3. The summed E-state index contributed by atoms with van der Waals surface area (Å²) in [5, 5.41) is 0. The standard InChI is InChI=1S/C20H18F5NO4/c1-28-16-8-7-13(21)18(29-2)17(16)15-9-14(22)19(27)26(15)10-11-3-5-12(6-4-11)30-20(23,24)25/h3-8,14-15H,9-10H2,1-2H3/t14?,15-/m0/s1. The first-order valence-corrected chi connectivity index (χ1v) is 8.84. The molecule has 1 aliphatic rings. The zero-order valence-electron chi connectivity index (χ0n) is 16.0.